The summed E-state index contributed by atoms with van der Waals surface area (Å²) in [5, 5.41) is 0. The zero-order valence-corrected chi connectivity index (χ0v) is 5.42. The molecule has 6 heavy (non-hydrogen) atoms. The van der Waals surface area contributed by atoms with Crippen LogP contribution >= 0.6 is 7.36 Å². The van der Waals surface area contributed by atoms with E-state index in [1.165, 1.54) is 0 Å². The highest BCUT2D eigenvalue weighted by molar-refractivity contribution is 7.96. The van der Waals surface area contributed by atoms with E-state index in [-0.39, 0.29) is 0 Å². The Hall–Kier alpha value is 0.480. The van der Waals surface area contributed by atoms with Crippen molar-refractivity contribution in [2.45, 2.75) is 6.42 Å². The van der Waals surface area contributed by atoms with Crippen molar-refractivity contribution in [2.24, 2.45) is 5.73 Å². The van der Waals surface area contributed by atoms with Crippen LogP contribution in [0.3, 0.4) is 0 Å². The van der Waals surface area contributed by atoms with Crippen LogP contribution in [0, 0.1) is 0 Å². The van der Waals surface area contributed by atoms with Crippen molar-refractivity contribution in [2.75, 3.05) is 12.7 Å². The van der Waals surface area contributed by atoms with Crippen LogP contribution in [0.15, 0.2) is 0 Å². The third-order valence-electron chi connectivity index (χ3n) is 0.483. The van der Waals surface area contributed by atoms with Gasteiger partial charge in [0, 0.05) is 6.42 Å². The lowest BCUT2D eigenvalue weighted by Crippen LogP contribution is -1.97. The maximum absolute atomic E-state index is 5.17. The molecule has 0 heterocycles. The summed E-state index contributed by atoms with van der Waals surface area (Å²) in [6, 6.07) is 0. The molecule has 0 aliphatic heterocycles. The Balaban J connectivity index is 2.49. The molecule has 0 bridgehead atoms. The molecule has 0 aromatic heterocycles. The van der Waals surface area contributed by atoms with E-state index < -0.39 is 0 Å². The molecule has 0 rings (SSSR count). The van der Waals surface area contributed by atoms with Gasteiger partial charge in [0.2, 0.25) is 0 Å². The van der Waals surface area contributed by atoms with Gasteiger partial charge in [0.25, 0.3) is 0 Å². The first-order chi connectivity index (χ1) is 2.91. The fraction of sp³-hybridized carbons (Fsp3) is 1.00. The lowest BCUT2D eigenvalue weighted by molar-refractivity contribution is 0.944. The van der Waals surface area contributed by atoms with E-state index in [1.807, 2.05) is 0 Å². The third kappa shape index (κ3) is 4.48. The van der Waals surface area contributed by atoms with Gasteiger partial charge in [0.05, 0.1) is 0 Å². The second-order valence-electron chi connectivity index (χ2n) is 1.04. The summed E-state index contributed by atoms with van der Waals surface area (Å²) >= 11 is 4.69. The van der Waals surface area contributed by atoms with Crippen molar-refractivity contribution in [1.29, 1.82) is 0 Å². The predicted molar refractivity (Wildman–Crippen MR) is 34.2 cm³/mol. The number of hydrogen-bond acceptors (Lipinski definition) is 2. The van der Waals surface area contributed by atoms with Gasteiger partial charge in [-0.15, -0.1) is 0 Å². The predicted octanol–water partition coefficient (Wildman–Crippen LogP) is 0.476. The van der Waals surface area contributed by atoms with Gasteiger partial charge in [0.15, 0.2) is 19.2 Å². The SMILES string of the molecule is NCCC[PH+]=S. The molecule has 0 aliphatic rings. The average Bonchev–Trinajstić information content (AvgIpc) is 1.61. The standard InChI is InChI=1S/C3H8NPS/c4-2-1-3-5-6/h1-4H2/p+1. The van der Waals surface area contributed by atoms with Crippen LogP contribution in [0.4, 0.5) is 0 Å². The summed E-state index contributed by atoms with van der Waals surface area (Å²) in [6.07, 6.45) is 2.23. The monoisotopic (exact) mass is 122 g/mol. The maximum Gasteiger partial charge on any atom is 0.160 e. The molecule has 0 fully saturated rings. The summed E-state index contributed by atoms with van der Waals surface area (Å²) in [5.74, 6) is 0. The van der Waals surface area contributed by atoms with Gasteiger partial charge in [-0.1, -0.05) is 0 Å². The van der Waals surface area contributed by atoms with E-state index in [2.05, 4.69) is 11.8 Å². The average molecular weight is 122 g/mol. The second-order valence-corrected chi connectivity index (χ2v) is 2.69. The van der Waals surface area contributed by atoms with Crippen molar-refractivity contribution < 1.29 is 0 Å². The molecule has 0 aromatic rings. The molecule has 3 heteroatoms. The quantitative estimate of drug-likeness (QED) is 0.435. The molecule has 0 amide bonds. The summed E-state index contributed by atoms with van der Waals surface area (Å²) < 4.78 is 0. The lowest BCUT2D eigenvalue weighted by atomic mass is 10.5. The summed E-state index contributed by atoms with van der Waals surface area (Å²) in [7, 11) is 0.668. The van der Waals surface area contributed by atoms with Crippen molar-refractivity contribution in [3.63, 3.8) is 0 Å². The first-order valence-electron chi connectivity index (χ1n) is 1.97. The molecule has 2 N–H and O–H groups in total. The van der Waals surface area contributed by atoms with Crippen LogP contribution in [-0.4, -0.2) is 12.7 Å². The largest absolute Gasteiger partial charge is 0.330 e. The third-order valence-corrected chi connectivity index (χ3v) is 1.65. The van der Waals surface area contributed by atoms with Crippen LogP contribution in [0.1, 0.15) is 6.42 Å². The van der Waals surface area contributed by atoms with Gasteiger partial charge < -0.3 is 5.73 Å². The number of rotatable bonds is 3. The van der Waals surface area contributed by atoms with Gasteiger partial charge in [0.1, 0.15) is 6.16 Å². The fourth-order valence-corrected chi connectivity index (χ4v) is 0.956. The molecular formula is C3H9NPS+. The van der Waals surface area contributed by atoms with Crippen LogP contribution in [0.2, 0.25) is 0 Å². The molecule has 36 valence electrons. The Bertz CT molecular complexity index is 39.8. The minimum Gasteiger partial charge on any atom is -0.330 e. The molecule has 1 nitrogen and oxygen atoms in total. The van der Waals surface area contributed by atoms with Gasteiger partial charge in [-0.2, -0.15) is 0 Å². The first-order valence-corrected chi connectivity index (χ1v) is 4.31. The minimum atomic E-state index is 0.668. The molecule has 0 saturated carbocycles. The second kappa shape index (κ2) is 5.48. The highest BCUT2D eigenvalue weighted by atomic mass is 32.4. The first kappa shape index (κ1) is 6.48. The zero-order valence-electron chi connectivity index (χ0n) is 3.61. The van der Waals surface area contributed by atoms with Gasteiger partial charge in [-0.3, -0.25) is 0 Å². The van der Waals surface area contributed by atoms with E-state index >= 15 is 0 Å². The molecule has 1 atom stereocenters. The van der Waals surface area contributed by atoms with Gasteiger partial charge >= 0.3 is 0 Å². The molecule has 0 aromatic carbocycles. The minimum absolute atomic E-state index is 0.668. The molecule has 0 saturated heterocycles. The smallest absolute Gasteiger partial charge is 0.160 e. The van der Waals surface area contributed by atoms with Gasteiger partial charge in [-0.05, 0) is 6.54 Å². The van der Waals surface area contributed by atoms with E-state index in [4.69, 9.17) is 5.73 Å². The highest BCUT2D eigenvalue weighted by Gasteiger charge is 1.81. The van der Waals surface area contributed by atoms with Crippen molar-refractivity contribution in [3.8, 4) is 0 Å². The lowest BCUT2D eigenvalue weighted by Gasteiger charge is -1.75. The summed E-state index contributed by atoms with van der Waals surface area (Å²) in [6.45, 7) is 0.795. The molecule has 0 aliphatic carbocycles. The van der Waals surface area contributed by atoms with E-state index in [1.54, 1.807) is 0 Å². The van der Waals surface area contributed by atoms with Crippen molar-refractivity contribution in [1.82, 2.24) is 0 Å². The van der Waals surface area contributed by atoms with Crippen LogP contribution in [0.25, 0.3) is 0 Å². The summed E-state index contributed by atoms with van der Waals surface area (Å²) in [5.41, 5.74) is 5.17. The topological polar surface area (TPSA) is 26.0 Å². The maximum atomic E-state index is 5.17. The Kier molecular flexibility index (Phi) is 5.92. The van der Waals surface area contributed by atoms with E-state index in [0.717, 1.165) is 19.1 Å². The van der Waals surface area contributed by atoms with Crippen molar-refractivity contribution in [3.05, 3.63) is 0 Å². The van der Waals surface area contributed by atoms with Crippen molar-refractivity contribution >= 4 is 19.2 Å². The molecule has 0 spiro atoms. The Morgan fingerprint density at radius 2 is 2.33 bits per heavy atom. The summed E-state index contributed by atoms with van der Waals surface area (Å²) in [4.78, 5) is 0. The van der Waals surface area contributed by atoms with E-state index in [9.17, 15) is 0 Å². The Morgan fingerprint density at radius 3 is 2.50 bits per heavy atom. The molecule has 0 radical (unpaired) electrons. The molecule has 1 unspecified atom stereocenters. The van der Waals surface area contributed by atoms with E-state index in [0.29, 0.717) is 7.36 Å². The molecular weight excluding hydrogens is 113 g/mol. The van der Waals surface area contributed by atoms with Crippen LogP contribution in [-0.2, 0) is 11.8 Å². The Morgan fingerprint density at radius 1 is 1.67 bits per heavy atom. The van der Waals surface area contributed by atoms with Crippen LogP contribution < -0.4 is 5.73 Å². The van der Waals surface area contributed by atoms with Crippen LogP contribution in [0.5, 0.6) is 0 Å². The van der Waals surface area contributed by atoms with Gasteiger partial charge in [-0.25, -0.2) is 0 Å². The normalized spacial score (nSPS) is 9.50. The highest BCUT2D eigenvalue weighted by Crippen LogP contribution is 1.91. The number of nitrogens with two attached hydrogens (primary N) is 1. The zero-order chi connectivity index (χ0) is 4.83. The number of hydrogen-bond donors (Lipinski definition) is 1. The Labute approximate surface area is 44.8 Å². The fourth-order valence-electron chi connectivity index (χ4n) is 0.174.